The SMILES string of the molecule is COc1cccc(CNC(=O)c2cc(-c3ncn(CC4CCC(CO)CC4)n3)cc(C)n2)c1. The summed E-state index contributed by atoms with van der Waals surface area (Å²) in [6.45, 7) is 3.35. The van der Waals surface area contributed by atoms with Crippen LogP contribution in [0.5, 0.6) is 5.75 Å². The Labute approximate surface area is 194 Å². The van der Waals surface area contributed by atoms with Gasteiger partial charge >= 0.3 is 0 Å². The number of aryl methyl sites for hydroxylation is 1. The van der Waals surface area contributed by atoms with E-state index in [2.05, 4.69) is 20.4 Å². The lowest BCUT2D eigenvalue weighted by molar-refractivity contribution is 0.0945. The minimum Gasteiger partial charge on any atom is -0.497 e. The molecular weight excluding hydrogens is 418 g/mol. The monoisotopic (exact) mass is 449 g/mol. The summed E-state index contributed by atoms with van der Waals surface area (Å²) in [6.07, 6.45) is 6.10. The van der Waals surface area contributed by atoms with Crippen molar-refractivity contribution in [2.75, 3.05) is 13.7 Å². The largest absolute Gasteiger partial charge is 0.497 e. The summed E-state index contributed by atoms with van der Waals surface area (Å²) in [4.78, 5) is 21.6. The maximum Gasteiger partial charge on any atom is 0.270 e. The highest BCUT2D eigenvalue weighted by atomic mass is 16.5. The van der Waals surface area contributed by atoms with Gasteiger partial charge in [-0.2, -0.15) is 5.10 Å². The second-order valence-corrected chi connectivity index (χ2v) is 8.78. The van der Waals surface area contributed by atoms with Crippen LogP contribution in [0.25, 0.3) is 11.4 Å². The number of rotatable bonds is 8. The molecule has 2 heterocycles. The Bertz CT molecular complexity index is 1090. The van der Waals surface area contributed by atoms with Crippen molar-refractivity contribution in [1.29, 1.82) is 0 Å². The van der Waals surface area contributed by atoms with Crippen molar-refractivity contribution in [3.05, 3.63) is 59.7 Å². The van der Waals surface area contributed by atoms with Crippen LogP contribution < -0.4 is 10.1 Å². The molecule has 4 rings (SSSR count). The first-order chi connectivity index (χ1) is 16.0. The molecule has 8 nitrogen and oxygen atoms in total. The van der Waals surface area contributed by atoms with Gasteiger partial charge < -0.3 is 15.2 Å². The van der Waals surface area contributed by atoms with Crippen molar-refractivity contribution >= 4 is 5.91 Å². The van der Waals surface area contributed by atoms with Crippen molar-refractivity contribution in [3.63, 3.8) is 0 Å². The lowest BCUT2D eigenvalue weighted by Gasteiger charge is -2.26. The molecule has 1 aliphatic rings. The molecule has 0 unspecified atom stereocenters. The molecule has 33 heavy (non-hydrogen) atoms. The second kappa shape index (κ2) is 10.6. The number of benzene rings is 1. The fraction of sp³-hybridized carbons (Fsp3) is 0.440. The van der Waals surface area contributed by atoms with Crippen LogP contribution in [0.3, 0.4) is 0 Å². The van der Waals surface area contributed by atoms with Crippen molar-refractivity contribution in [1.82, 2.24) is 25.1 Å². The zero-order chi connectivity index (χ0) is 23.2. The fourth-order valence-electron chi connectivity index (χ4n) is 4.35. The average Bonchev–Trinajstić information content (AvgIpc) is 3.31. The number of pyridine rings is 1. The standard InChI is InChI=1S/C25H31N5O3/c1-17-10-21(24-27-16-30(29-24)14-18-6-8-19(15-31)9-7-18)12-23(28-17)25(32)26-13-20-4-3-5-22(11-20)33-2/h3-5,10-12,16,18-19,31H,6-9,13-15H2,1-2H3,(H,26,32). The number of ether oxygens (including phenoxy) is 1. The summed E-state index contributed by atoms with van der Waals surface area (Å²) in [6, 6.07) is 11.2. The molecule has 2 aromatic heterocycles. The minimum absolute atomic E-state index is 0.247. The molecule has 0 bridgehead atoms. The van der Waals surface area contributed by atoms with Gasteiger partial charge in [0.2, 0.25) is 0 Å². The van der Waals surface area contributed by atoms with Gasteiger partial charge in [0.1, 0.15) is 17.8 Å². The molecule has 3 aromatic rings. The number of nitrogens with one attached hydrogen (secondary N) is 1. The number of nitrogens with zero attached hydrogens (tertiary/aromatic N) is 4. The van der Waals surface area contributed by atoms with E-state index in [0.717, 1.165) is 54.8 Å². The van der Waals surface area contributed by atoms with E-state index >= 15 is 0 Å². The summed E-state index contributed by atoms with van der Waals surface area (Å²) in [5, 5.41) is 16.9. The highest BCUT2D eigenvalue weighted by Gasteiger charge is 2.21. The Morgan fingerprint density at radius 2 is 1.97 bits per heavy atom. The molecule has 0 atom stereocenters. The van der Waals surface area contributed by atoms with E-state index < -0.39 is 0 Å². The Hall–Kier alpha value is -3.26. The zero-order valence-electron chi connectivity index (χ0n) is 19.2. The molecule has 1 fully saturated rings. The van der Waals surface area contributed by atoms with Crippen molar-refractivity contribution in [3.8, 4) is 17.1 Å². The normalized spacial score (nSPS) is 18.2. The zero-order valence-corrected chi connectivity index (χ0v) is 19.2. The number of hydrogen-bond donors (Lipinski definition) is 2. The predicted octanol–water partition coefficient (Wildman–Crippen LogP) is 3.39. The van der Waals surface area contributed by atoms with Crippen LogP contribution in [0, 0.1) is 18.8 Å². The van der Waals surface area contributed by atoms with Gasteiger partial charge in [0.15, 0.2) is 5.82 Å². The van der Waals surface area contributed by atoms with Gasteiger partial charge in [-0.3, -0.25) is 9.48 Å². The number of carbonyl (C=O) groups is 1. The molecule has 0 radical (unpaired) electrons. The fourth-order valence-corrected chi connectivity index (χ4v) is 4.35. The highest BCUT2D eigenvalue weighted by molar-refractivity contribution is 5.93. The third kappa shape index (κ3) is 5.96. The molecule has 2 N–H and O–H groups in total. The lowest BCUT2D eigenvalue weighted by atomic mass is 9.82. The molecule has 1 saturated carbocycles. The molecule has 1 aromatic carbocycles. The molecule has 174 valence electrons. The highest BCUT2D eigenvalue weighted by Crippen LogP contribution is 2.29. The van der Waals surface area contributed by atoms with Gasteiger partial charge in [0.05, 0.1) is 7.11 Å². The van der Waals surface area contributed by atoms with Crippen LogP contribution in [0.4, 0.5) is 0 Å². The van der Waals surface area contributed by atoms with Crippen LogP contribution in [-0.2, 0) is 13.1 Å². The van der Waals surface area contributed by atoms with E-state index in [1.165, 1.54) is 0 Å². The third-order valence-electron chi connectivity index (χ3n) is 6.24. The van der Waals surface area contributed by atoms with Crippen molar-refractivity contribution in [2.45, 2.75) is 45.7 Å². The second-order valence-electron chi connectivity index (χ2n) is 8.78. The van der Waals surface area contributed by atoms with Crippen LogP contribution >= 0.6 is 0 Å². The Kier molecular flexibility index (Phi) is 7.34. The number of hydrogen-bond acceptors (Lipinski definition) is 6. The van der Waals surface area contributed by atoms with Gasteiger partial charge in [0.25, 0.3) is 5.91 Å². The Morgan fingerprint density at radius 1 is 1.18 bits per heavy atom. The summed E-state index contributed by atoms with van der Waals surface area (Å²) in [5.41, 5.74) is 2.80. The number of methoxy groups -OCH3 is 1. The van der Waals surface area contributed by atoms with Gasteiger partial charge in [-0.05, 0) is 74.3 Å². The first-order valence-corrected chi connectivity index (χ1v) is 11.4. The molecule has 0 spiro atoms. The quantitative estimate of drug-likeness (QED) is 0.547. The van der Waals surface area contributed by atoms with Crippen molar-refractivity contribution < 1.29 is 14.6 Å². The number of carbonyl (C=O) groups excluding carboxylic acids is 1. The Morgan fingerprint density at radius 3 is 2.73 bits per heavy atom. The van der Waals surface area contributed by atoms with Gasteiger partial charge in [-0.15, -0.1) is 0 Å². The lowest BCUT2D eigenvalue weighted by Crippen LogP contribution is -2.24. The van der Waals surface area contributed by atoms with E-state index in [-0.39, 0.29) is 12.5 Å². The smallest absolute Gasteiger partial charge is 0.270 e. The topological polar surface area (TPSA) is 102 Å². The molecule has 1 aliphatic carbocycles. The van der Waals surface area contributed by atoms with Crippen LogP contribution in [0.1, 0.15) is 47.4 Å². The summed E-state index contributed by atoms with van der Waals surface area (Å²) < 4.78 is 7.12. The van der Waals surface area contributed by atoms with E-state index in [1.54, 1.807) is 19.5 Å². The molecular formula is C25H31N5O3. The van der Waals surface area contributed by atoms with Crippen LogP contribution in [-0.4, -0.2) is 44.5 Å². The summed E-state index contributed by atoms with van der Waals surface area (Å²) >= 11 is 0. The molecule has 8 heteroatoms. The number of aromatic nitrogens is 4. The summed E-state index contributed by atoms with van der Waals surface area (Å²) in [5.74, 6) is 2.09. The van der Waals surface area contributed by atoms with E-state index in [1.807, 2.05) is 41.9 Å². The predicted molar refractivity (Wildman–Crippen MR) is 125 cm³/mol. The van der Waals surface area contributed by atoms with Gasteiger partial charge in [0, 0.05) is 31.0 Å². The number of aliphatic hydroxyl groups is 1. The minimum atomic E-state index is -0.247. The van der Waals surface area contributed by atoms with E-state index in [0.29, 0.717) is 29.9 Å². The maximum atomic E-state index is 12.8. The van der Waals surface area contributed by atoms with Crippen LogP contribution in [0.15, 0.2) is 42.7 Å². The Balaban J connectivity index is 1.41. The van der Waals surface area contributed by atoms with E-state index in [9.17, 15) is 9.90 Å². The van der Waals surface area contributed by atoms with Gasteiger partial charge in [-0.1, -0.05) is 12.1 Å². The van der Waals surface area contributed by atoms with Gasteiger partial charge in [-0.25, -0.2) is 9.97 Å². The van der Waals surface area contributed by atoms with Crippen molar-refractivity contribution in [2.24, 2.45) is 11.8 Å². The molecule has 1 amide bonds. The molecule has 0 saturated heterocycles. The first kappa shape index (κ1) is 22.9. The average molecular weight is 450 g/mol. The number of amides is 1. The van der Waals surface area contributed by atoms with E-state index in [4.69, 9.17) is 4.74 Å². The molecule has 0 aliphatic heterocycles. The third-order valence-corrected chi connectivity index (χ3v) is 6.24. The summed E-state index contributed by atoms with van der Waals surface area (Å²) in [7, 11) is 1.62. The first-order valence-electron chi connectivity index (χ1n) is 11.4. The maximum absolute atomic E-state index is 12.8. The number of aliphatic hydroxyl groups excluding tert-OH is 1. The van der Waals surface area contributed by atoms with Crippen LogP contribution in [0.2, 0.25) is 0 Å².